The van der Waals surface area contributed by atoms with Crippen LogP contribution in [0.2, 0.25) is 0 Å². The Bertz CT molecular complexity index is 1100. The maximum atomic E-state index is 13.2. The highest BCUT2D eigenvalue weighted by Crippen LogP contribution is 2.33. The van der Waals surface area contributed by atoms with Gasteiger partial charge in [-0.1, -0.05) is 12.1 Å². The maximum Gasteiger partial charge on any atom is 0.321 e. The third-order valence-corrected chi connectivity index (χ3v) is 5.61. The van der Waals surface area contributed by atoms with Crippen molar-refractivity contribution in [2.45, 2.75) is 18.3 Å². The van der Waals surface area contributed by atoms with Crippen LogP contribution < -0.4 is 15.5 Å². The van der Waals surface area contributed by atoms with E-state index in [1.807, 2.05) is 18.2 Å². The molecule has 2 aliphatic heterocycles. The minimum absolute atomic E-state index is 0.204. The van der Waals surface area contributed by atoms with E-state index < -0.39 is 11.9 Å². The largest absolute Gasteiger partial charge is 0.368 e. The van der Waals surface area contributed by atoms with Crippen molar-refractivity contribution in [3.8, 4) is 0 Å². The third kappa shape index (κ3) is 3.18. The first-order valence-corrected chi connectivity index (χ1v) is 9.52. The quantitative estimate of drug-likeness (QED) is 0.707. The van der Waals surface area contributed by atoms with Gasteiger partial charge in [-0.25, -0.2) is 18.7 Å². The lowest BCUT2D eigenvalue weighted by Crippen LogP contribution is -2.51. The number of anilines is 1. The minimum Gasteiger partial charge on any atom is -0.368 e. The predicted octanol–water partition coefficient (Wildman–Crippen LogP) is 1.79. The van der Waals surface area contributed by atoms with Crippen LogP contribution in [-0.4, -0.2) is 46.2 Å². The Morgan fingerprint density at radius 1 is 1.17 bits per heavy atom. The van der Waals surface area contributed by atoms with Gasteiger partial charge in [0.15, 0.2) is 5.65 Å². The number of urea groups is 1. The Labute approximate surface area is 165 Å². The van der Waals surface area contributed by atoms with Crippen molar-refractivity contribution in [2.24, 2.45) is 0 Å². The van der Waals surface area contributed by atoms with E-state index in [1.54, 1.807) is 16.9 Å². The lowest BCUT2D eigenvalue weighted by molar-refractivity contribution is -0.122. The number of rotatable bonds is 3. The van der Waals surface area contributed by atoms with Crippen LogP contribution >= 0.6 is 0 Å². The summed E-state index contributed by atoms with van der Waals surface area (Å²) in [5.41, 5.74) is 3.30. The molecule has 148 valence electrons. The lowest BCUT2D eigenvalue weighted by atomic mass is 9.98. The molecule has 8 nitrogen and oxygen atoms in total. The molecular formula is C20H19FN6O2. The molecular weight excluding hydrogens is 375 g/mol. The number of fused-ring (bicyclic) bond motifs is 1. The van der Waals surface area contributed by atoms with Crippen molar-refractivity contribution in [3.05, 3.63) is 59.8 Å². The standard InChI is InChI=1S/C20H19FN6O2/c21-14-3-1-12(2-4-14)13-5-7-26(11-13)17-9-16(25-27-8-6-22-18(17)27)15-10-23-20(29)24-19(15)28/h1-4,6,8-9,13,15H,5,7,10-11H2,(H2,23,24,28,29)/t13-,15?/m0/s1. The van der Waals surface area contributed by atoms with Gasteiger partial charge in [0.25, 0.3) is 0 Å². The number of imide groups is 1. The molecule has 29 heavy (non-hydrogen) atoms. The molecule has 3 amide bonds. The molecule has 2 fully saturated rings. The van der Waals surface area contributed by atoms with Gasteiger partial charge in [0.05, 0.1) is 17.3 Å². The molecule has 1 aromatic carbocycles. The molecule has 2 atom stereocenters. The van der Waals surface area contributed by atoms with Crippen LogP contribution in [0.1, 0.15) is 29.5 Å². The van der Waals surface area contributed by atoms with E-state index in [9.17, 15) is 14.0 Å². The van der Waals surface area contributed by atoms with E-state index in [-0.39, 0.29) is 18.3 Å². The molecule has 0 radical (unpaired) electrons. The second kappa shape index (κ2) is 6.84. The number of aromatic nitrogens is 3. The highest BCUT2D eigenvalue weighted by Gasteiger charge is 2.32. The monoisotopic (exact) mass is 394 g/mol. The van der Waals surface area contributed by atoms with E-state index in [2.05, 4.69) is 25.6 Å². The average molecular weight is 394 g/mol. The molecule has 3 aromatic rings. The summed E-state index contributed by atoms with van der Waals surface area (Å²) in [6, 6.07) is 8.05. The van der Waals surface area contributed by atoms with Crippen LogP contribution in [-0.2, 0) is 4.79 Å². The number of hydrogen-bond acceptors (Lipinski definition) is 5. The van der Waals surface area contributed by atoms with Crippen LogP contribution in [0.15, 0.2) is 42.7 Å². The number of halogens is 1. The third-order valence-electron chi connectivity index (χ3n) is 5.61. The normalized spacial score (nSPS) is 22.0. The summed E-state index contributed by atoms with van der Waals surface area (Å²) >= 11 is 0. The van der Waals surface area contributed by atoms with Crippen molar-refractivity contribution < 1.29 is 14.0 Å². The Morgan fingerprint density at radius 3 is 2.79 bits per heavy atom. The first-order chi connectivity index (χ1) is 14.1. The molecule has 2 N–H and O–H groups in total. The Balaban J connectivity index is 1.47. The van der Waals surface area contributed by atoms with Gasteiger partial charge in [-0.15, -0.1) is 0 Å². The van der Waals surface area contributed by atoms with Crippen LogP contribution in [0.4, 0.5) is 14.9 Å². The van der Waals surface area contributed by atoms with Crippen LogP contribution in [0.5, 0.6) is 0 Å². The zero-order valence-corrected chi connectivity index (χ0v) is 15.5. The van der Waals surface area contributed by atoms with Gasteiger partial charge in [0, 0.05) is 37.9 Å². The maximum absolute atomic E-state index is 13.2. The van der Waals surface area contributed by atoms with Crippen molar-refractivity contribution >= 4 is 23.3 Å². The van der Waals surface area contributed by atoms with Crippen molar-refractivity contribution in [1.82, 2.24) is 25.2 Å². The molecule has 2 aromatic heterocycles. The Kier molecular flexibility index (Phi) is 4.15. The van der Waals surface area contributed by atoms with Gasteiger partial charge >= 0.3 is 6.03 Å². The number of nitrogens with one attached hydrogen (secondary N) is 2. The summed E-state index contributed by atoms with van der Waals surface area (Å²) in [5.74, 6) is -0.871. The number of nitrogens with zero attached hydrogens (tertiary/aromatic N) is 4. The van der Waals surface area contributed by atoms with E-state index in [0.717, 1.165) is 30.8 Å². The molecule has 2 aliphatic rings. The van der Waals surface area contributed by atoms with Crippen molar-refractivity contribution in [3.63, 3.8) is 0 Å². The van der Waals surface area contributed by atoms with Crippen molar-refractivity contribution in [2.75, 3.05) is 24.5 Å². The summed E-state index contributed by atoms with van der Waals surface area (Å²) in [5, 5.41) is 9.47. The summed E-state index contributed by atoms with van der Waals surface area (Å²) < 4.78 is 14.9. The SMILES string of the molecule is O=C1NCC(c2cc(N3CC[C@H](c4ccc(F)cc4)C3)c3nccn3n2)C(=O)N1. The predicted molar refractivity (Wildman–Crippen MR) is 103 cm³/mol. The summed E-state index contributed by atoms with van der Waals surface area (Å²) in [4.78, 5) is 30.3. The van der Waals surface area contributed by atoms with Crippen molar-refractivity contribution in [1.29, 1.82) is 0 Å². The van der Waals surface area contributed by atoms with Gasteiger partial charge in [-0.3, -0.25) is 10.1 Å². The topological polar surface area (TPSA) is 91.6 Å². The average Bonchev–Trinajstić information content (AvgIpc) is 3.37. The van der Waals surface area contributed by atoms with E-state index >= 15 is 0 Å². The number of carbonyl (C=O) groups excluding carboxylic acids is 2. The smallest absolute Gasteiger partial charge is 0.321 e. The fourth-order valence-electron chi connectivity index (χ4n) is 4.08. The molecule has 0 aliphatic carbocycles. The fourth-order valence-corrected chi connectivity index (χ4v) is 4.08. The zero-order chi connectivity index (χ0) is 20.0. The lowest BCUT2D eigenvalue weighted by Gasteiger charge is -2.24. The first kappa shape index (κ1) is 17.6. The molecule has 2 saturated heterocycles. The Hall–Kier alpha value is -3.49. The molecule has 0 saturated carbocycles. The highest BCUT2D eigenvalue weighted by atomic mass is 19.1. The van der Waals surface area contributed by atoms with Gasteiger partial charge in [-0.2, -0.15) is 5.10 Å². The number of imidazole rings is 1. The zero-order valence-electron chi connectivity index (χ0n) is 15.5. The summed E-state index contributed by atoms with van der Waals surface area (Å²) in [7, 11) is 0. The second-order valence-electron chi connectivity index (χ2n) is 7.38. The van der Waals surface area contributed by atoms with E-state index in [1.165, 1.54) is 12.1 Å². The van der Waals surface area contributed by atoms with Crippen LogP contribution in [0.3, 0.4) is 0 Å². The number of amides is 3. The molecule has 5 rings (SSSR count). The van der Waals surface area contributed by atoms with Gasteiger partial charge < -0.3 is 10.2 Å². The Morgan fingerprint density at radius 2 is 2.00 bits per heavy atom. The second-order valence-corrected chi connectivity index (χ2v) is 7.38. The van der Waals surface area contributed by atoms with Gasteiger partial charge in [0.1, 0.15) is 5.82 Å². The van der Waals surface area contributed by atoms with Crippen LogP contribution in [0.25, 0.3) is 5.65 Å². The molecule has 1 unspecified atom stereocenters. The van der Waals surface area contributed by atoms with Crippen LogP contribution in [0, 0.1) is 5.82 Å². The van der Waals surface area contributed by atoms with E-state index in [0.29, 0.717) is 17.3 Å². The summed E-state index contributed by atoms with van der Waals surface area (Å²) in [6.45, 7) is 1.79. The number of hydrogen-bond donors (Lipinski definition) is 2. The van der Waals surface area contributed by atoms with Gasteiger partial charge in [-0.05, 0) is 30.2 Å². The molecule has 0 spiro atoms. The minimum atomic E-state index is -0.561. The number of carbonyl (C=O) groups is 2. The first-order valence-electron chi connectivity index (χ1n) is 9.52. The molecule has 4 heterocycles. The summed E-state index contributed by atoms with van der Waals surface area (Å²) in [6.07, 6.45) is 4.36. The van der Waals surface area contributed by atoms with E-state index in [4.69, 9.17) is 0 Å². The highest BCUT2D eigenvalue weighted by molar-refractivity contribution is 6.00. The number of benzene rings is 1. The molecule has 9 heteroatoms. The molecule has 0 bridgehead atoms. The van der Waals surface area contributed by atoms with Gasteiger partial charge in [0.2, 0.25) is 5.91 Å². The fraction of sp³-hybridized carbons (Fsp3) is 0.300.